The Morgan fingerprint density at radius 2 is 2.00 bits per heavy atom. The van der Waals surface area contributed by atoms with Gasteiger partial charge in [-0.15, -0.1) is 0 Å². The van der Waals surface area contributed by atoms with E-state index in [1.807, 2.05) is 9.80 Å². The fourth-order valence-corrected chi connectivity index (χ4v) is 6.30. The van der Waals surface area contributed by atoms with E-state index >= 15 is 0 Å². The van der Waals surface area contributed by atoms with Crippen molar-refractivity contribution >= 4 is 17.8 Å². The van der Waals surface area contributed by atoms with E-state index in [0.29, 0.717) is 38.6 Å². The molecule has 1 saturated carbocycles. The van der Waals surface area contributed by atoms with Gasteiger partial charge < -0.3 is 25.4 Å². The van der Waals surface area contributed by atoms with Gasteiger partial charge in [0.2, 0.25) is 11.8 Å². The number of carbonyl (C=O) groups is 3. The number of nitrogens with one attached hydrogen (secondary N) is 1. The van der Waals surface area contributed by atoms with Crippen LogP contribution in [0.3, 0.4) is 0 Å². The van der Waals surface area contributed by atoms with Gasteiger partial charge in [-0.25, -0.2) is 0 Å². The number of likely N-dealkylation sites (tertiary alicyclic amines) is 1. The van der Waals surface area contributed by atoms with Gasteiger partial charge in [0, 0.05) is 51.1 Å². The summed E-state index contributed by atoms with van der Waals surface area (Å²) in [5, 5.41) is 15.2. The van der Waals surface area contributed by atoms with E-state index in [2.05, 4.69) is 10.2 Å². The van der Waals surface area contributed by atoms with Crippen molar-refractivity contribution in [1.82, 2.24) is 20.0 Å². The average molecular weight is 460 g/mol. The highest BCUT2D eigenvalue weighted by Crippen LogP contribution is 2.55. The van der Waals surface area contributed by atoms with Crippen LogP contribution in [0.4, 0.5) is 0 Å². The maximum atomic E-state index is 13.6. The second-order valence-corrected chi connectivity index (χ2v) is 10.00. The molecule has 2 amide bonds. The summed E-state index contributed by atoms with van der Waals surface area (Å²) in [6.45, 7) is 4.05. The first-order chi connectivity index (χ1) is 15.8. The molecule has 3 saturated heterocycles. The third kappa shape index (κ3) is 3.82. The number of ether oxygens (including phenoxy) is 1. The number of aliphatic carboxylic acids is 1. The summed E-state index contributed by atoms with van der Waals surface area (Å²) in [6.07, 6.45) is 5.76. The Labute approximate surface area is 192 Å². The molecule has 33 heavy (non-hydrogen) atoms. The number of carboxylic acid groups (broad SMARTS) is 1. The number of hydrogen-bond donors (Lipinski definition) is 3. The van der Waals surface area contributed by atoms with Crippen LogP contribution < -0.4 is 5.73 Å². The molecule has 0 unspecified atom stereocenters. The summed E-state index contributed by atoms with van der Waals surface area (Å²) >= 11 is 0. The number of aromatic amines is 1. The Kier molecular flexibility index (Phi) is 5.68. The zero-order valence-corrected chi connectivity index (χ0v) is 19.1. The number of carboxylic acids is 1. The lowest BCUT2D eigenvalue weighted by molar-refractivity contribution is -0.144. The van der Waals surface area contributed by atoms with E-state index in [1.165, 1.54) is 29.8 Å². The van der Waals surface area contributed by atoms with Crippen molar-refractivity contribution in [2.75, 3.05) is 32.7 Å². The molecule has 1 aromatic rings. The van der Waals surface area contributed by atoms with Gasteiger partial charge in [0.25, 0.3) is 5.97 Å². The number of aromatic nitrogens is 2. The molecule has 0 aromatic carbocycles. The smallest absolute Gasteiger partial charge is 0.300 e. The van der Waals surface area contributed by atoms with Crippen molar-refractivity contribution in [2.24, 2.45) is 17.6 Å². The van der Waals surface area contributed by atoms with Crippen LogP contribution in [0.25, 0.3) is 0 Å². The average Bonchev–Trinajstić information content (AvgIpc) is 3.27. The van der Waals surface area contributed by atoms with Crippen molar-refractivity contribution in [3.63, 3.8) is 0 Å². The van der Waals surface area contributed by atoms with Crippen molar-refractivity contribution < 1.29 is 24.2 Å². The number of carbonyl (C=O) groups excluding carboxylic acids is 2. The monoisotopic (exact) mass is 459 g/mol. The third-order valence-corrected chi connectivity index (χ3v) is 7.81. The summed E-state index contributed by atoms with van der Waals surface area (Å²) in [6, 6.07) is 0. The van der Waals surface area contributed by atoms with E-state index < -0.39 is 11.6 Å². The van der Waals surface area contributed by atoms with Crippen LogP contribution in [-0.2, 0) is 32.0 Å². The maximum absolute atomic E-state index is 13.6. The minimum absolute atomic E-state index is 0.0660. The van der Waals surface area contributed by atoms with E-state index in [9.17, 15) is 9.59 Å². The molecular weight excluding hydrogens is 426 g/mol. The Morgan fingerprint density at radius 3 is 2.70 bits per heavy atom. The largest absolute Gasteiger partial charge is 0.481 e. The van der Waals surface area contributed by atoms with Crippen LogP contribution in [0, 0.1) is 11.8 Å². The summed E-state index contributed by atoms with van der Waals surface area (Å²) < 4.78 is 6.33. The SMILES string of the molecule is CC(=O)O.NCCN1C[C@]23CC[C@H](O2)[C@H](C(=O)N2CCc4[nH]nc(C5CC5)c4CC2)[C@@H]3C1=O. The first-order valence-electron chi connectivity index (χ1n) is 12.1. The van der Waals surface area contributed by atoms with Crippen molar-refractivity contribution in [3.8, 4) is 0 Å². The van der Waals surface area contributed by atoms with Gasteiger partial charge >= 0.3 is 0 Å². The summed E-state index contributed by atoms with van der Waals surface area (Å²) in [5.74, 6) is -0.714. The lowest BCUT2D eigenvalue weighted by atomic mass is 9.72. The van der Waals surface area contributed by atoms with Gasteiger partial charge in [0.05, 0.1) is 35.8 Å². The molecule has 4 N–H and O–H groups in total. The maximum Gasteiger partial charge on any atom is 0.300 e. The minimum atomic E-state index is -0.833. The molecule has 6 rings (SSSR count). The van der Waals surface area contributed by atoms with E-state index in [1.54, 1.807) is 0 Å². The molecule has 1 aromatic heterocycles. The number of H-pyrrole nitrogens is 1. The molecule has 4 atom stereocenters. The molecule has 2 bridgehead atoms. The Balaban J connectivity index is 0.000000531. The topological polar surface area (TPSA) is 142 Å². The Bertz CT molecular complexity index is 955. The number of nitrogens with two attached hydrogens (primary N) is 1. The first-order valence-corrected chi connectivity index (χ1v) is 12.1. The van der Waals surface area contributed by atoms with Crippen LogP contribution in [0.15, 0.2) is 0 Å². The molecular formula is C23H33N5O5. The molecule has 10 heteroatoms. The summed E-state index contributed by atoms with van der Waals surface area (Å²) in [4.78, 5) is 39.5. The second kappa shape index (κ2) is 8.39. The number of amides is 2. The van der Waals surface area contributed by atoms with Crippen LogP contribution in [0.2, 0.25) is 0 Å². The zero-order chi connectivity index (χ0) is 23.3. The highest BCUT2D eigenvalue weighted by molar-refractivity contribution is 5.92. The molecule has 5 heterocycles. The standard InChI is InChI=1S/C21H29N5O3.C2H4O2/c22-7-10-26-11-21-6-3-15(29-21)16(17(21)20(26)28)19(27)25-8-4-13-14(5-9-25)23-24-18(13)12-1-2-12;1-2(3)4/h12,15-17H,1-11,22H2,(H,23,24);1H3,(H,3,4)/t15-,16-,17+,21-;/m0./s1. The van der Waals surface area contributed by atoms with Crippen LogP contribution in [0.5, 0.6) is 0 Å². The van der Waals surface area contributed by atoms with Gasteiger partial charge in [0.1, 0.15) is 0 Å². The zero-order valence-electron chi connectivity index (χ0n) is 19.1. The Morgan fingerprint density at radius 1 is 1.27 bits per heavy atom. The lowest BCUT2D eigenvalue weighted by Crippen LogP contribution is -2.48. The highest BCUT2D eigenvalue weighted by Gasteiger charge is 2.69. The normalized spacial score (nSPS) is 32.2. The lowest BCUT2D eigenvalue weighted by Gasteiger charge is -2.31. The van der Waals surface area contributed by atoms with E-state index in [0.717, 1.165) is 32.6 Å². The number of rotatable bonds is 4. The fourth-order valence-electron chi connectivity index (χ4n) is 6.30. The quantitative estimate of drug-likeness (QED) is 0.587. The predicted molar refractivity (Wildman–Crippen MR) is 117 cm³/mol. The summed E-state index contributed by atoms with van der Waals surface area (Å²) in [7, 11) is 0. The van der Waals surface area contributed by atoms with Crippen molar-refractivity contribution in [2.45, 2.75) is 63.1 Å². The highest BCUT2D eigenvalue weighted by atomic mass is 16.5. The summed E-state index contributed by atoms with van der Waals surface area (Å²) in [5.41, 5.74) is 8.97. The van der Waals surface area contributed by atoms with Gasteiger partial charge in [-0.3, -0.25) is 19.5 Å². The van der Waals surface area contributed by atoms with Crippen molar-refractivity contribution in [3.05, 3.63) is 17.0 Å². The number of fused-ring (bicyclic) bond motifs is 2. The van der Waals surface area contributed by atoms with E-state index in [4.69, 9.17) is 20.4 Å². The fraction of sp³-hybridized carbons (Fsp3) is 0.739. The minimum Gasteiger partial charge on any atom is -0.481 e. The van der Waals surface area contributed by atoms with Gasteiger partial charge in [-0.05, 0) is 37.7 Å². The number of hydrogen-bond acceptors (Lipinski definition) is 6. The molecule has 4 aliphatic heterocycles. The molecule has 0 radical (unpaired) electrons. The number of nitrogens with zero attached hydrogens (tertiary/aromatic N) is 3. The van der Waals surface area contributed by atoms with Gasteiger partial charge in [0.15, 0.2) is 0 Å². The molecule has 1 aliphatic carbocycles. The molecule has 180 valence electrons. The predicted octanol–water partition coefficient (Wildman–Crippen LogP) is 0.270. The van der Waals surface area contributed by atoms with Crippen molar-refractivity contribution in [1.29, 1.82) is 0 Å². The van der Waals surface area contributed by atoms with Crippen LogP contribution in [0.1, 0.15) is 55.5 Å². The molecule has 4 fully saturated rings. The molecule has 1 spiro atoms. The first kappa shape index (κ1) is 22.3. The van der Waals surface area contributed by atoms with Crippen LogP contribution in [-0.4, -0.2) is 87.3 Å². The molecule has 5 aliphatic rings. The Hall–Kier alpha value is -2.46. The van der Waals surface area contributed by atoms with E-state index in [-0.39, 0.29) is 29.8 Å². The third-order valence-electron chi connectivity index (χ3n) is 7.81. The van der Waals surface area contributed by atoms with Gasteiger partial charge in [-0.2, -0.15) is 5.10 Å². The van der Waals surface area contributed by atoms with Gasteiger partial charge in [-0.1, -0.05) is 0 Å². The van der Waals surface area contributed by atoms with Crippen LogP contribution >= 0.6 is 0 Å². The molecule has 10 nitrogen and oxygen atoms in total. The second-order valence-electron chi connectivity index (χ2n) is 10.00.